The number of aliphatic hydroxyl groups is 2. The largest absolute Gasteiger partial charge is 0.462 e. The minimum Gasteiger partial charge on any atom is -0.462 e. The summed E-state index contributed by atoms with van der Waals surface area (Å²) >= 11 is 0. The Morgan fingerprint density at radius 2 is 1.81 bits per heavy atom. The molecular formula is C13H20O3. The molecule has 1 aromatic rings. The number of para-hydroxylation sites is 1. The van der Waals surface area contributed by atoms with Crippen molar-refractivity contribution in [1.82, 2.24) is 0 Å². The summed E-state index contributed by atoms with van der Waals surface area (Å²) in [5, 5.41) is 19.0. The maximum Gasteiger partial charge on any atom is 0.207 e. The summed E-state index contributed by atoms with van der Waals surface area (Å²) in [6.45, 7) is 3.85. The van der Waals surface area contributed by atoms with Crippen LogP contribution >= 0.6 is 0 Å². The highest BCUT2D eigenvalue weighted by atomic mass is 16.6. The molecule has 2 N–H and O–H groups in total. The van der Waals surface area contributed by atoms with Crippen LogP contribution in [0.3, 0.4) is 0 Å². The lowest BCUT2D eigenvalue weighted by Crippen LogP contribution is -2.34. The smallest absolute Gasteiger partial charge is 0.207 e. The van der Waals surface area contributed by atoms with Gasteiger partial charge in [-0.15, -0.1) is 0 Å². The molecule has 0 atom stereocenters. The zero-order chi connectivity index (χ0) is 12.0. The van der Waals surface area contributed by atoms with E-state index >= 15 is 0 Å². The van der Waals surface area contributed by atoms with Gasteiger partial charge >= 0.3 is 0 Å². The maximum absolute atomic E-state index is 10.1. The van der Waals surface area contributed by atoms with Crippen LogP contribution in [0, 0.1) is 0 Å². The van der Waals surface area contributed by atoms with Crippen molar-refractivity contribution in [1.29, 1.82) is 0 Å². The quantitative estimate of drug-likeness (QED) is 0.728. The number of rotatable bonds is 6. The Balaban J connectivity index is 2.87. The molecule has 0 bridgehead atoms. The molecule has 3 nitrogen and oxygen atoms in total. The van der Waals surface area contributed by atoms with Gasteiger partial charge in [0.05, 0.1) is 0 Å². The zero-order valence-corrected chi connectivity index (χ0v) is 9.94. The van der Waals surface area contributed by atoms with Crippen molar-refractivity contribution in [3.8, 4) is 5.75 Å². The normalized spacial score (nSPS) is 11.5. The molecule has 0 saturated heterocycles. The highest BCUT2D eigenvalue weighted by Gasteiger charge is 2.24. The van der Waals surface area contributed by atoms with E-state index in [9.17, 15) is 5.11 Å². The number of hydrogen-bond acceptors (Lipinski definition) is 3. The van der Waals surface area contributed by atoms with Crippen molar-refractivity contribution < 1.29 is 14.9 Å². The second kappa shape index (κ2) is 5.87. The van der Waals surface area contributed by atoms with Crippen molar-refractivity contribution in [2.24, 2.45) is 0 Å². The third kappa shape index (κ3) is 3.22. The predicted octanol–water partition coefficient (Wildman–Crippen LogP) is 2.11. The van der Waals surface area contributed by atoms with Crippen molar-refractivity contribution in [2.45, 2.75) is 38.9 Å². The molecule has 1 aromatic carbocycles. The molecule has 16 heavy (non-hydrogen) atoms. The monoisotopic (exact) mass is 224 g/mol. The van der Waals surface area contributed by atoms with Gasteiger partial charge in [0.25, 0.3) is 0 Å². The van der Waals surface area contributed by atoms with Crippen LogP contribution in [0.15, 0.2) is 24.3 Å². The van der Waals surface area contributed by atoms with Crippen LogP contribution in [0.25, 0.3) is 0 Å². The molecule has 0 spiro atoms. The summed E-state index contributed by atoms with van der Waals surface area (Å²) in [6.07, 6.45) is 1.62. The van der Waals surface area contributed by atoms with Gasteiger partial charge in [-0.1, -0.05) is 32.0 Å². The van der Waals surface area contributed by atoms with Crippen molar-refractivity contribution in [2.75, 3.05) is 6.61 Å². The summed E-state index contributed by atoms with van der Waals surface area (Å²) in [5.74, 6) is -0.450. The minimum absolute atomic E-state index is 0.0804. The summed E-state index contributed by atoms with van der Waals surface area (Å²) in [4.78, 5) is 0. The fourth-order valence-corrected chi connectivity index (χ4v) is 1.53. The van der Waals surface area contributed by atoms with Gasteiger partial charge in [0.1, 0.15) is 5.75 Å². The lowest BCUT2D eigenvalue weighted by Gasteiger charge is -2.27. The molecule has 0 aliphatic carbocycles. The summed E-state index contributed by atoms with van der Waals surface area (Å²) in [6, 6.07) is 7.48. The number of benzene rings is 1. The van der Waals surface area contributed by atoms with Crippen LogP contribution < -0.4 is 4.74 Å². The maximum atomic E-state index is 10.1. The third-order valence-electron chi connectivity index (χ3n) is 2.76. The molecule has 0 unspecified atom stereocenters. The Hall–Kier alpha value is -1.06. The first-order valence-corrected chi connectivity index (χ1v) is 5.75. The fourth-order valence-electron chi connectivity index (χ4n) is 1.53. The van der Waals surface area contributed by atoms with Gasteiger partial charge in [0.15, 0.2) is 0 Å². The molecule has 0 saturated carbocycles. The highest BCUT2D eigenvalue weighted by molar-refractivity contribution is 5.33. The molecule has 0 aliphatic rings. The van der Waals surface area contributed by atoms with Crippen molar-refractivity contribution in [3.63, 3.8) is 0 Å². The van der Waals surface area contributed by atoms with Crippen LogP contribution in [0.4, 0.5) is 0 Å². The van der Waals surface area contributed by atoms with Crippen LogP contribution in [0.5, 0.6) is 5.75 Å². The van der Waals surface area contributed by atoms with E-state index in [2.05, 4.69) is 0 Å². The molecular weight excluding hydrogens is 204 g/mol. The van der Waals surface area contributed by atoms with Gasteiger partial charge in [-0.05, 0) is 18.1 Å². The average molecular weight is 224 g/mol. The Kier molecular flexibility index (Phi) is 4.77. The van der Waals surface area contributed by atoms with E-state index in [0.717, 1.165) is 5.56 Å². The Morgan fingerprint density at radius 1 is 1.19 bits per heavy atom. The first-order chi connectivity index (χ1) is 7.65. The fraction of sp³-hybridized carbons (Fsp3) is 0.538. The molecule has 0 fully saturated rings. The van der Waals surface area contributed by atoms with Crippen molar-refractivity contribution in [3.05, 3.63) is 29.8 Å². The number of hydrogen-bond donors (Lipinski definition) is 2. The van der Waals surface area contributed by atoms with E-state index in [-0.39, 0.29) is 6.61 Å². The lowest BCUT2D eigenvalue weighted by atomic mass is 10.1. The summed E-state index contributed by atoms with van der Waals surface area (Å²) < 4.78 is 5.63. The molecule has 0 amide bonds. The topological polar surface area (TPSA) is 49.7 Å². The van der Waals surface area contributed by atoms with Gasteiger partial charge in [-0.3, -0.25) is 0 Å². The van der Waals surface area contributed by atoms with E-state index in [1.165, 1.54) is 0 Å². The first-order valence-electron chi connectivity index (χ1n) is 5.75. The van der Waals surface area contributed by atoms with Crippen LogP contribution in [0.2, 0.25) is 0 Å². The molecule has 3 heteroatoms. The number of aliphatic hydroxyl groups excluding tert-OH is 1. The standard InChI is InChI=1S/C13H20O3/c1-3-13(15,4-2)16-12-8-6-5-7-11(12)9-10-14/h5-8,14-15H,3-4,9-10H2,1-2H3. The molecule has 0 aliphatic heterocycles. The van der Waals surface area contributed by atoms with Gasteiger partial charge in [0, 0.05) is 19.4 Å². The number of ether oxygens (including phenoxy) is 1. The Morgan fingerprint density at radius 3 is 2.38 bits per heavy atom. The molecule has 0 radical (unpaired) electrons. The highest BCUT2D eigenvalue weighted by Crippen LogP contribution is 2.25. The van der Waals surface area contributed by atoms with Gasteiger partial charge in [0.2, 0.25) is 5.79 Å². The molecule has 0 heterocycles. The van der Waals surface area contributed by atoms with E-state index in [0.29, 0.717) is 25.0 Å². The SMILES string of the molecule is CCC(O)(CC)Oc1ccccc1CCO. The predicted molar refractivity (Wildman–Crippen MR) is 63.4 cm³/mol. The first kappa shape index (κ1) is 13.0. The minimum atomic E-state index is -1.11. The zero-order valence-electron chi connectivity index (χ0n) is 9.94. The lowest BCUT2D eigenvalue weighted by molar-refractivity contribution is -0.141. The van der Waals surface area contributed by atoms with E-state index in [4.69, 9.17) is 9.84 Å². The van der Waals surface area contributed by atoms with E-state index in [1.54, 1.807) is 0 Å². The molecule has 0 aromatic heterocycles. The third-order valence-corrected chi connectivity index (χ3v) is 2.76. The van der Waals surface area contributed by atoms with Gasteiger partial charge < -0.3 is 14.9 Å². The van der Waals surface area contributed by atoms with Crippen LogP contribution in [-0.2, 0) is 6.42 Å². The van der Waals surface area contributed by atoms with E-state index in [1.807, 2.05) is 38.1 Å². The van der Waals surface area contributed by atoms with Crippen LogP contribution in [0.1, 0.15) is 32.3 Å². The summed E-state index contributed by atoms with van der Waals surface area (Å²) in [5.41, 5.74) is 0.922. The molecule has 1 rings (SSSR count). The Labute approximate surface area is 96.7 Å². The van der Waals surface area contributed by atoms with Crippen molar-refractivity contribution >= 4 is 0 Å². The van der Waals surface area contributed by atoms with Gasteiger partial charge in [-0.25, -0.2) is 0 Å². The van der Waals surface area contributed by atoms with E-state index < -0.39 is 5.79 Å². The average Bonchev–Trinajstić information content (AvgIpc) is 2.32. The second-order valence-electron chi connectivity index (χ2n) is 3.84. The second-order valence-corrected chi connectivity index (χ2v) is 3.84. The molecule has 90 valence electrons. The van der Waals surface area contributed by atoms with Gasteiger partial charge in [-0.2, -0.15) is 0 Å². The van der Waals surface area contributed by atoms with Crippen LogP contribution in [-0.4, -0.2) is 22.6 Å². The summed E-state index contributed by atoms with van der Waals surface area (Å²) in [7, 11) is 0. The Bertz CT molecular complexity index is 319.